The van der Waals surface area contributed by atoms with Gasteiger partial charge in [-0.2, -0.15) is 8.78 Å². The van der Waals surface area contributed by atoms with Crippen LogP contribution in [-0.4, -0.2) is 12.0 Å². The van der Waals surface area contributed by atoms with Gasteiger partial charge in [-0.3, -0.25) is 9.69 Å². The van der Waals surface area contributed by atoms with E-state index in [0.29, 0.717) is 12.1 Å². The van der Waals surface area contributed by atoms with Gasteiger partial charge in [-0.1, -0.05) is 18.2 Å². The molecule has 4 rings (SSSR count). The number of halogens is 8. The highest BCUT2D eigenvalue weighted by molar-refractivity contribution is 6.07. The molecule has 3 aromatic carbocycles. The number of carbonyl (C=O) groups excluding carboxylic acids is 1. The van der Waals surface area contributed by atoms with Gasteiger partial charge >= 0.3 is 12.0 Å². The smallest absolute Gasteiger partial charge is 0.423 e. The van der Waals surface area contributed by atoms with E-state index in [1.54, 1.807) is 0 Å². The van der Waals surface area contributed by atoms with Crippen LogP contribution in [0.3, 0.4) is 0 Å². The van der Waals surface area contributed by atoms with Gasteiger partial charge in [-0.15, -0.1) is 0 Å². The quantitative estimate of drug-likeness (QED) is 0.282. The molecule has 0 bridgehead atoms. The predicted octanol–water partition coefficient (Wildman–Crippen LogP) is 5.84. The summed E-state index contributed by atoms with van der Waals surface area (Å²) in [6.07, 6.45) is -4.42. The molecule has 1 amide bonds. The van der Waals surface area contributed by atoms with E-state index in [2.05, 4.69) is 4.74 Å². The number of hydrogen-bond acceptors (Lipinski definition) is 2. The Labute approximate surface area is 168 Å². The summed E-state index contributed by atoms with van der Waals surface area (Å²) in [5.41, 5.74) is -4.03. The molecule has 3 aromatic rings. The fourth-order valence-electron chi connectivity index (χ4n) is 3.11. The highest BCUT2D eigenvalue weighted by Crippen LogP contribution is 2.48. The van der Waals surface area contributed by atoms with Gasteiger partial charge in [-0.05, 0) is 24.3 Å². The Hall–Kier alpha value is -3.63. The molecule has 0 atom stereocenters. The number of amides is 1. The highest BCUT2D eigenvalue weighted by Gasteiger charge is 2.52. The second-order valence-corrected chi connectivity index (χ2v) is 6.31. The van der Waals surface area contributed by atoms with E-state index in [0.717, 1.165) is 12.1 Å². The van der Waals surface area contributed by atoms with Crippen LogP contribution in [0.5, 0.6) is 5.75 Å². The third-order valence-electron chi connectivity index (χ3n) is 4.49. The fourth-order valence-corrected chi connectivity index (χ4v) is 3.11. The zero-order chi connectivity index (χ0) is 22.7. The molecule has 0 N–H and O–H groups in total. The summed E-state index contributed by atoms with van der Waals surface area (Å²) in [5.74, 6) is -16.4. The van der Waals surface area contributed by atoms with Crippen molar-refractivity contribution in [1.82, 2.24) is 0 Å². The van der Waals surface area contributed by atoms with E-state index in [4.69, 9.17) is 0 Å². The van der Waals surface area contributed by atoms with Gasteiger partial charge in [0.25, 0.3) is 0 Å². The zero-order valence-electron chi connectivity index (χ0n) is 14.8. The number of anilines is 2. The van der Waals surface area contributed by atoms with Crippen LogP contribution in [0.25, 0.3) is 11.1 Å². The Morgan fingerprint density at radius 1 is 0.710 bits per heavy atom. The Balaban J connectivity index is 2.03. The molecule has 0 aromatic heterocycles. The number of ether oxygens (including phenoxy) is 1. The van der Waals surface area contributed by atoms with Gasteiger partial charge in [0.2, 0.25) is 5.82 Å². The van der Waals surface area contributed by atoms with Gasteiger partial charge in [-0.25, -0.2) is 26.3 Å². The van der Waals surface area contributed by atoms with Crippen LogP contribution in [0.15, 0.2) is 42.5 Å². The van der Waals surface area contributed by atoms with Crippen molar-refractivity contribution in [2.75, 3.05) is 4.90 Å². The molecule has 3 nitrogen and oxygen atoms in total. The molecule has 0 unspecified atom stereocenters. The molecular weight excluding hydrogens is 438 g/mol. The Bertz CT molecular complexity index is 1200. The number of para-hydroxylation sites is 1. The first-order valence-electron chi connectivity index (χ1n) is 8.37. The number of carbonyl (C=O) groups is 1. The van der Waals surface area contributed by atoms with E-state index < -0.39 is 69.5 Å². The Morgan fingerprint density at radius 3 is 1.84 bits per heavy atom. The summed E-state index contributed by atoms with van der Waals surface area (Å²) in [7, 11) is 0. The first-order valence-corrected chi connectivity index (χ1v) is 8.37. The maximum Gasteiger partial charge on any atom is 0.483 e. The minimum absolute atomic E-state index is 0.198. The Morgan fingerprint density at radius 2 is 1.26 bits per heavy atom. The molecule has 31 heavy (non-hydrogen) atoms. The van der Waals surface area contributed by atoms with E-state index >= 15 is 4.39 Å². The largest absolute Gasteiger partial charge is 0.483 e. The summed E-state index contributed by atoms with van der Waals surface area (Å²) in [6, 6.07) is 7.59. The fraction of sp³-hybridized carbons (Fsp3) is 0.0500. The van der Waals surface area contributed by atoms with E-state index in [1.165, 1.54) is 18.2 Å². The maximum absolute atomic E-state index is 15.3. The molecule has 160 valence electrons. The van der Waals surface area contributed by atoms with Crippen molar-refractivity contribution in [2.24, 2.45) is 0 Å². The van der Waals surface area contributed by atoms with Crippen LogP contribution >= 0.6 is 0 Å². The molecule has 1 aliphatic rings. The minimum atomic E-state index is -4.42. The van der Waals surface area contributed by atoms with Gasteiger partial charge < -0.3 is 4.74 Å². The van der Waals surface area contributed by atoms with E-state index in [-0.39, 0.29) is 10.6 Å². The van der Waals surface area contributed by atoms with Crippen LogP contribution < -0.4 is 9.64 Å². The lowest BCUT2D eigenvalue weighted by molar-refractivity contribution is -0.191. The number of benzene rings is 3. The third-order valence-corrected chi connectivity index (χ3v) is 4.49. The number of hydrogen-bond donors (Lipinski definition) is 0. The average molecular weight is 445 g/mol. The second kappa shape index (κ2) is 6.96. The lowest BCUT2D eigenvalue weighted by Crippen LogP contribution is -2.49. The standard InChI is InChI=1S/C20H7F8NO2/c21-12-9(11-13(22)15(24)17(26)16(25)14(11)23)6-7-10-18(12)29(8-4-2-1-3-5-8)19(30)20(27,28)31-10/h1-7H. The summed E-state index contributed by atoms with van der Waals surface area (Å²) in [4.78, 5) is 12.5. The van der Waals surface area contributed by atoms with Crippen molar-refractivity contribution < 1.29 is 44.7 Å². The SMILES string of the molecule is O=C1N(c2ccccc2)c2c(ccc(-c3c(F)c(F)c(F)c(F)c3F)c2F)OC1(F)F. The number of fused-ring (bicyclic) bond motifs is 1. The Kier molecular flexibility index (Phi) is 4.64. The van der Waals surface area contributed by atoms with Crippen LogP contribution in [0.4, 0.5) is 46.5 Å². The molecule has 1 heterocycles. The highest BCUT2D eigenvalue weighted by atomic mass is 19.3. The number of rotatable bonds is 2. The molecule has 0 radical (unpaired) electrons. The van der Waals surface area contributed by atoms with Crippen LogP contribution in [-0.2, 0) is 4.79 Å². The van der Waals surface area contributed by atoms with Gasteiger partial charge in [0.1, 0.15) is 5.69 Å². The molecule has 1 aliphatic heterocycles. The third kappa shape index (κ3) is 2.99. The zero-order valence-corrected chi connectivity index (χ0v) is 14.8. The van der Waals surface area contributed by atoms with Gasteiger partial charge in [0, 0.05) is 11.3 Å². The molecule has 0 fully saturated rings. The lowest BCUT2D eigenvalue weighted by atomic mass is 10.00. The summed E-state index contributed by atoms with van der Waals surface area (Å²) in [6.45, 7) is 0. The number of alkyl halides is 2. The maximum atomic E-state index is 15.3. The average Bonchev–Trinajstić information content (AvgIpc) is 2.74. The van der Waals surface area contributed by atoms with Crippen LogP contribution in [0.1, 0.15) is 0 Å². The van der Waals surface area contributed by atoms with Gasteiger partial charge in [0.15, 0.2) is 34.8 Å². The molecule has 0 saturated carbocycles. The van der Waals surface area contributed by atoms with Crippen molar-refractivity contribution in [1.29, 1.82) is 0 Å². The second-order valence-electron chi connectivity index (χ2n) is 6.31. The number of nitrogens with zero attached hydrogens (tertiary/aromatic N) is 1. The monoisotopic (exact) mass is 445 g/mol. The van der Waals surface area contributed by atoms with Gasteiger partial charge in [0.05, 0.1) is 5.56 Å². The molecule has 0 aliphatic carbocycles. The van der Waals surface area contributed by atoms with Crippen molar-refractivity contribution in [3.63, 3.8) is 0 Å². The van der Waals surface area contributed by atoms with Crippen molar-refractivity contribution in [2.45, 2.75) is 6.11 Å². The summed E-state index contributed by atoms with van der Waals surface area (Å²) < 4.78 is 117. The minimum Gasteiger partial charge on any atom is -0.423 e. The lowest BCUT2D eigenvalue weighted by Gasteiger charge is -2.34. The normalized spacial score (nSPS) is 15.0. The molecule has 0 spiro atoms. The van der Waals surface area contributed by atoms with Crippen molar-refractivity contribution >= 4 is 17.3 Å². The molecular formula is C20H7F8NO2. The van der Waals surface area contributed by atoms with Crippen LogP contribution in [0, 0.1) is 34.9 Å². The van der Waals surface area contributed by atoms with E-state index in [9.17, 15) is 35.5 Å². The van der Waals surface area contributed by atoms with Crippen LogP contribution in [0.2, 0.25) is 0 Å². The summed E-state index contributed by atoms with van der Waals surface area (Å²) >= 11 is 0. The van der Waals surface area contributed by atoms with E-state index in [1.807, 2.05) is 0 Å². The van der Waals surface area contributed by atoms with Crippen molar-refractivity contribution in [3.05, 3.63) is 77.4 Å². The predicted molar refractivity (Wildman–Crippen MR) is 90.8 cm³/mol. The molecule has 11 heteroatoms. The van der Waals surface area contributed by atoms with Crippen molar-refractivity contribution in [3.8, 4) is 16.9 Å². The first-order chi connectivity index (χ1) is 14.6. The topological polar surface area (TPSA) is 29.5 Å². The first kappa shape index (κ1) is 20.6. The summed E-state index contributed by atoms with van der Waals surface area (Å²) in [5, 5.41) is 0. The molecule has 0 saturated heterocycles.